The van der Waals surface area contributed by atoms with Crippen molar-refractivity contribution >= 4 is 10.9 Å². The summed E-state index contributed by atoms with van der Waals surface area (Å²) >= 11 is 0. The summed E-state index contributed by atoms with van der Waals surface area (Å²) in [7, 11) is 1.96. The standard InChI is InChI=1S/C14H17N3/c1-16-11-12-4-5-14-13(10-12)6-9-17(14)8-3-2-7-15/h4-6,9-10,16H,2-3,8,11H2,1H3. The second kappa shape index (κ2) is 5.51. The molecule has 0 saturated heterocycles. The monoisotopic (exact) mass is 227 g/mol. The second-order valence-electron chi connectivity index (χ2n) is 4.19. The highest BCUT2D eigenvalue weighted by Crippen LogP contribution is 2.18. The van der Waals surface area contributed by atoms with E-state index >= 15 is 0 Å². The summed E-state index contributed by atoms with van der Waals surface area (Å²) in [6, 6.07) is 10.9. The maximum atomic E-state index is 8.54. The zero-order valence-electron chi connectivity index (χ0n) is 10.1. The first-order valence-electron chi connectivity index (χ1n) is 5.94. The fourth-order valence-electron chi connectivity index (χ4n) is 2.09. The van der Waals surface area contributed by atoms with E-state index in [1.54, 1.807) is 0 Å². The van der Waals surface area contributed by atoms with Crippen LogP contribution in [-0.4, -0.2) is 11.6 Å². The molecule has 17 heavy (non-hydrogen) atoms. The Morgan fingerprint density at radius 3 is 3.00 bits per heavy atom. The van der Waals surface area contributed by atoms with Crippen LogP contribution in [0.2, 0.25) is 0 Å². The van der Waals surface area contributed by atoms with Gasteiger partial charge in [0, 0.05) is 31.2 Å². The van der Waals surface area contributed by atoms with Gasteiger partial charge < -0.3 is 9.88 Å². The molecule has 0 radical (unpaired) electrons. The molecule has 0 fully saturated rings. The molecule has 0 saturated carbocycles. The van der Waals surface area contributed by atoms with Gasteiger partial charge in [0.15, 0.2) is 0 Å². The molecular weight excluding hydrogens is 210 g/mol. The van der Waals surface area contributed by atoms with Crippen molar-refractivity contribution in [3.05, 3.63) is 36.0 Å². The molecule has 0 aliphatic rings. The van der Waals surface area contributed by atoms with Crippen molar-refractivity contribution in [1.29, 1.82) is 5.26 Å². The summed E-state index contributed by atoms with van der Waals surface area (Å²) < 4.78 is 2.22. The van der Waals surface area contributed by atoms with E-state index in [2.05, 4.69) is 46.4 Å². The van der Waals surface area contributed by atoms with Crippen molar-refractivity contribution < 1.29 is 0 Å². The van der Waals surface area contributed by atoms with Crippen molar-refractivity contribution in [2.45, 2.75) is 25.9 Å². The number of aryl methyl sites for hydroxylation is 1. The Labute approximate surface area is 102 Å². The van der Waals surface area contributed by atoms with E-state index in [0.29, 0.717) is 6.42 Å². The number of hydrogen-bond donors (Lipinski definition) is 1. The van der Waals surface area contributed by atoms with Gasteiger partial charge in [-0.2, -0.15) is 5.26 Å². The molecule has 1 N–H and O–H groups in total. The lowest BCUT2D eigenvalue weighted by molar-refractivity contribution is 0.674. The lowest BCUT2D eigenvalue weighted by Crippen LogP contribution is -2.04. The van der Waals surface area contributed by atoms with E-state index in [1.807, 2.05) is 7.05 Å². The molecule has 88 valence electrons. The molecule has 1 heterocycles. The van der Waals surface area contributed by atoms with Crippen LogP contribution in [0.25, 0.3) is 10.9 Å². The Morgan fingerprint density at radius 2 is 2.24 bits per heavy atom. The van der Waals surface area contributed by atoms with Crippen LogP contribution < -0.4 is 5.32 Å². The van der Waals surface area contributed by atoms with E-state index in [0.717, 1.165) is 19.5 Å². The van der Waals surface area contributed by atoms with Gasteiger partial charge in [0.25, 0.3) is 0 Å². The summed E-state index contributed by atoms with van der Waals surface area (Å²) in [5, 5.41) is 13.0. The van der Waals surface area contributed by atoms with Crippen LogP contribution in [0.15, 0.2) is 30.5 Å². The molecule has 2 aromatic rings. The number of nitrogens with zero attached hydrogens (tertiary/aromatic N) is 2. The van der Waals surface area contributed by atoms with E-state index < -0.39 is 0 Å². The highest BCUT2D eigenvalue weighted by Gasteiger charge is 2.01. The second-order valence-corrected chi connectivity index (χ2v) is 4.19. The Hall–Kier alpha value is -1.79. The van der Waals surface area contributed by atoms with Gasteiger partial charge in [0.1, 0.15) is 0 Å². The first-order chi connectivity index (χ1) is 8.35. The third kappa shape index (κ3) is 2.66. The van der Waals surface area contributed by atoms with Crippen molar-refractivity contribution in [1.82, 2.24) is 9.88 Å². The topological polar surface area (TPSA) is 40.8 Å². The van der Waals surface area contributed by atoms with Crippen LogP contribution in [0.4, 0.5) is 0 Å². The molecule has 3 nitrogen and oxygen atoms in total. The fraction of sp³-hybridized carbons (Fsp3) is 0.357. The zero-order chi connectivity index (χ0) is 12.1. The molecule has 2 rings (SSSR count). The lowest BCUT2D eigenvalue weighted by atomic mass is 10.1. The molecule has 0 spiro atoms. The maximum Gasteiger partial charge on any atom is 0.0622 e. The van der Waals surface area contributed by atoms with Crippen molar-refractivity contribution in [2.75, 3.05) is 7.05 Å². The number of rotatable bonds is 5. The van der Waals surface area contributed by atoms with Crippen LogP contribution in [0.5, 0.6) is 0 Å². The van der Waals surface area contributed by atoms with Gasteiger partial charge in [0.2, 0.25) is 0 Å². The van der Waals surface area contributed by atoms with E-state index in [9.17, 15) is 0 Å². The number of hydrogen-bond acceptors (Lipinski definition) is 2. The van der Waals surface area contributed by atoms with Gasteiger partial charge in [0.05, 0.1) is 6.07 Å². The van der Waals surface area contributed by atoms with Crippen LogP contribution >= 0.6 is 0 Å². The maximum absolute atomic E-state index is 8.54. The Balaban J connectivity index is 2.20. The van der Waals surface area contributed by atoms with Crippen LogP contribution in [0.3, 0.4) is 0 Å². The fourth-order valence-corrected chi connectivity index (χ4v) is 2.09. The number of nitriles is 1. The molecule has 0 amide bonds. The van der Waals surface area contributed by atoms with E-state index in [4.69, 9.17) is 5.26 Å². The summed E-state index contributed by atoms with van der Waals surface area (Å²) in [6.45, 7) is 1.82. The molecule has 0 atom stereocenters. The summed E-state index contributed by atoms with van der Waals surface area (Å²) in [4.78, 5) is 0. The van der Waals surface area contributed by atoms with Crippen LogP contribution in [0.1, 0.15) is 18.4 Å². The smallest absolute Gasteiger partial charge is 0.0622 e. The van der Waals surface area contributed by atoms with Gasteiger partial charge in [-0.15, -0.1) is 0 Å². The number of fused-ring (bicyclic) bond motifs is 1. The Bertz CT molecular complexity index is 534. The molecule has 3 heteroatoms. The number of benzene rings is 1. The third-order valence-corrected chi connectivity index (χ3v) is 2.90. The minimum absolute atomic E-state index is 0.623. The lowest BCUT2D eigenvalue weighted by Gasteiger charge is -2.05. The van der Waals surface area contributed by atoms with Crippen LogP contribution in [-0.2, 0) is 13.1 Å². The number of aromatic nitrogens is 1. The summed E-state index contributed by atoms with van der Waals surface area (Å²) in [5.74, 6) is 0. The molecular formula is C14H17N3. The van der Waals surface area contributed by atoms with Crippen molar-refractivity contribution in [2.24, 2.45) is 0 Å². The first-order valence-corrected chi connectivity index (χ1v) is 5.94. The molecule has 0 bridgehead atoms. The van der Waals surface area contributed by atoms with Crippen LogP contribution in [0, 0.1) is 11.3 Å². The Morgan fingerprint density at radius 1 is 1.35 bits per heavy atom. The van der Waals surface area contributed by atoms with Gasteiger partial charge in [-0.05, 0) is 42.6 Å². The molecule has 1 aromatic heterocycles. The van der Waals surface area contributed by atoms with Crippen molar-refractivity contribution in [3.8, 4) is 6.07 Å². The minimum Gasteiger partial charge on any atom is -0.347 e. The van der Waals surface area contributed by atoms with Gasteiger partial charge in [-0.1, -0.05) is 6.07 Å². The highest BCUT2D eigenvalue weighted by molar-refractivity contribution is 5.80. The molecule has 0 aliphatic heterocycles. The summed E-state index contributed by atoms with van der Waals surface area (Å²) in [6.07, 6.45) is 3.64. The molecule has 0 unspecified atom stereocenters. The normalized spacial score (nSPS) is 10.6. The van der Waals surface area contributed by atoms with E-state index in [1.165, 1.54) is 16.5 Å². The average Bonchev–Trinajstić information content (AvgIpc) is 2.73. The number of nitrogens with one attached hydrogen (secondary N) is 1. The average molecular weight is 227 g/mol. The molecule has 0 aliphatic carbocycles. The van der Waals surface area contributed by atoms with Gasteiger partial charge in [-0.25, -0.2) is 0 Å². The van der Waals surface area contributed by atoms with Gasteiger partial charge >= 0.3 is 0 Å². The quantitative estimate of drug-likeness (QED) is 0.798. The van der Waals surface area contributed by atoms with E-state index in [-0.39, 0.29) is 0 Å². The predicted molar refractivity (Wildman–Crippen MR) is 69.5 cm³/mol. The Kier molecular flexibility index (Phi) is 3.79. The van der Waals surface area contributed by atoms with Gasteiger partial charge in [-0.3, -0.25) is 0 Å². The third-order valence-electron chi connectivity index (χ3n) is 2.90. The largest absolute Gasteiger partial charge is 0.347 e. The molecule has 1 aromatic carbocycles. The first kappa shape index (κ1) is 11.7. The minimum atomic E-state index is 0.623. The number of unbranched alkanes of at least 4 members (excludes halogenated alkanes) is 1. The predicted octanol–water partition coefficient (Wildman–Crippen LogP) is 2.66. The van der Waals surface area contributed by atoms with Crippen molar-refractivity contribution in [3.63, 3.8) is 0 Å². The zero-order valence-corrected chi connectivity index (χ0v) is 10.1. The SMILES string of the molecule is CNCc1ccc2c(ccn2CCCC#N)c1. The summed E-state index contributed by atoms with van der Waals surface area (Å²) in [5.41, 5.74) is 2.55. The highest BCUT2D eigenvalue weighted by atomic mass is 14.9.